The van der Waals surface area contributed by atoms with Gasteiger partial charge in [-0.15, -0.1) is 11.8 Å². The normalized spacial score (nSPS) is 41.3. The van der Waals surface area contributed by atoms with Crippen LogP contribution < -0.4 is 5.32 Å². The van der Waals surface area contributed by atoms with Crippen LogP contribution in [0.3, 0.4) is 0 Å². The zero-order chi connectivity index (χ0) is 10.0. The molecule has 0 aromatic heterocycles. The summed E-state index contributed by atoms with van der Waals surface area (Å²) in [6, 6.07) is 1.07. The van der Waals surface area contributed by atoms with Gasteiger partial charge in [-0.2, -0.15) is 0 Å². The Morgan fingerprint density at radius 2 is 2.00 bits per heavy atom. The number of hydrogen-bond acceptors (Lipinski definition) is 2. The molecule has 2 heteroatoms. The van der Waals surface area contributed by atoms with Crippen LogP contribution in [0, 0.1) is 11.8 Å². The maximum Gasteiger partial charge on any atom is 0.0786 e. The van der Waals surface area contributed by atoms with Crippen LogP contribution >= 0.6 is 0 Å². The third-order valence-corrected chi connectivity index (χ3v) is 3.42. The molecule has 2 aliphatic heterocycles. The highest BCUT2D eigenvalue weighted by Gasteiger charge is 2.39. The molecule has 0 aromatic carbocycles. The van der Waals surface area contributed by atoms with E-state index >= 15 is 0 Å². The molecule has 0 aromatic rings. The Morgan fingerprint density at radius 3 is 2.57 bits per heavy atom. The Morgan fingerprint density at radius 1 is 1.36 bits per heavy atom. The fourth-order valence-corrected chi connectivity index (χ4v) is 2.83. The van der Waals surface area contributed by atoms with E-state index < -0.39 is 5.60 Å². The molecule has 2 rings (SSSR count). The van der Waals surface area contributed by atoms with Gasteiger partial charge in [0, 0.05) is 18.5 Å². The predicted octanol–water partition coefficient (Wildman–Crippen LogP) is 1.44. The molecule has 2 unspecified atom stereocenters. The molecule has 2 N–H and O–H groups in total. The smallest absolute Gasteiger partial charge is 0.0786 e. The summed E-state index contributed by atoms with van der Waals surface area (Å²) in [6.07, 6.45) is 6.18. The lowest BCUT2D eigenvalue weighted by Crippen LogP contribution is -2.55. The van der Waals surface area contributed by atoms with Gasteiger partial charge in [-0.3, -0.25) is 0 Å². The second-order valence-electron chi connectivity index (χ2n) is 4.73. The molecule has 2 nitrogen and oxygen atoms in total. The summed E-state index contributed by atoms with van der Waals surface area (Å²) in [5, 5.41) is 13.9. The van der Waals surface area contributed by atoms with E-state index in [-0.39, 0.29) is 0 Å². The van der Waals surface area contributed by atoms with Crippen molar-refractivity contribution in [2.24, 2.45) is 0 Å². The minimum Gasteiger partial charge on any atom is -0.389 e. The largest absolute Gasteiger partial charge is 0.389 e. The lowest BCUT2D eigenvalue weighted by atomic mass is 9.76. The van der Waals surface area contributed by atoms with Crippen LogP contribution in [0.2, 0.25) is 0 Å². The first-order chi connectivity index (χ1) is 6.72. The highest BCUT2D eigenvalue weighted by Crippen LogP contribution is 2.34. The predicted molar refractivity (Wildman–Crippen MR) is 56.8 cm³/mol. The molecular formula is C12H19NO. The number of nitrogens with one attached hydrogen (secondary N) is 1. The fourth-order valence-electron chi connectivity index (χ4n) is 2.83. The molecule has 2 bridgehead atoms. The van der Waals surface area contributed by atoms with E-state index in [1.807, 2.05) is 6.92 Å². The minimum absolute atomic E-state index is 0.510. The lowest BCUT2D eigenvalue weighted by molar-refractivity contribution is -0.0265. The van der Waals surface area contributed by atoms with Crippen molar-refractivity contribution >= 4 is 0 Å². The monoisotopic (exact) mass is 193 g/mol. The molecule has 0 saturated carbocycles. The second-order valence-corrected chi connectivity index (χ2v) is 4.73. The van der Waals surface area contributed by atoms with Gasteiger partial charge >= 0.3 is 0 Å². The highest BCUT2D eigenvalue weighted by molar-refractivity contribution is 5.06. The number of aliphatic hydroxyl groups is 1. The first kappa shape index (κ1) is 10.0. The van der Waals surface area contributed by atoms with Crippen LogP contribution in [-0.2, 0) is 0 Å². The van der Waals surface area contributed by atoms with Gasteiger partial charge < -0.3 is 10.4 Å². The van der Waals surface area contributed by atoms with Gasteiger partial charge in [0.1, 0.15) is 0 Å². The average molecular weight is 193 g/mol. The summed E-state index contributed by atoms with van der Waals surface area (Å²) in [6.45, 7) is 1.84. The topological polar surface area (TPSA) is 32.3 Å². The molecule has 0 spiro atoms. The summed E-state index contributed by atoms with van der Waals surface area (Å²) < 4.78 is 0. The van der Waals surface area contributed by atoms with Crippen LogP contribution in [0.25, 0.3) is 0 Å². The Bertz CT molecular complexity index is 251. The Kier molecular flexibility index (Phi) is 2.80. The van der Waals surface area contributed by atoms with Crippen molar-refractivity contribution in [3.8, 4) is 11.8 Å². The Labute approximate surface area is 86.1 Å². The summed E-state index contributed by atoms with van der Waals surface area (Å²) in [7, 11) is 0. The minimum atomic E-state index is -0.510. The molecule has 0 amide bonds. The van der Waals surface area contributed by atoms with Crippen LogP contribution in [0.5, 0.6) is 0 Å². The van der Waals surface area contributed by atoms with Gasteiger partial charge in [-0.1, -0.05) is 6.42 Å². The molecule has 2 fully saturated rings. The SMILES string of the molecule is CC#CCC1(O)CC2CCCC(C1)N2. The number of piperidine rings is 2. The van der Waals surface area contributed by atoms with E-state index in [1.165, 1.54) is 19.3 Å². The number of fused-ring (bicyclic) bond motifs is 2. The van der Waals surface area contributed by atoms with E-state index in [9.17, 15) is 5.11 Å². The van der Waals surface area contributed by atoms with Crippen LogP contribution in [-0.4, -0.2) is 22.8 Å². The van der Waals surface area contributed by atoms with Crippen LogP contribution in [0.15, 0.2) is 0 Å². The third kappa shape index (κ3) is 2.10. The Hall–Kier alpha value is -0.520. The van der Waals surface area contributed by atoms with Crippen molar-refractivity contribution in [2.45, 2.75) is 63.1 Å². The van der Waals surface area contributed by atoms with Gasteiger partial charge in [-0.05, 0) is 32.6 Å². The van der Waals surface area contributed by atoms with Gasteiger partial charge in [0.05, 0.1) is 5.60 Å². The van der Waals surface area contributed by atoms with Crippen LogP contribution in [0.4, 0.5) is 0 Å². The third-order valence-electron chi connectivity index (χ3n) is 3.42. The molecule has 2 heterocycles. The number of rotatable bonds is 1. The van der Waals surface area contributed by atoms with Gasteiger partial charge in [0.15, 0.2) is 0 Å². The highest BCUT2D eigenvalue weighted by atomic mass is 16.3. The molecule has 78 valence electrons. The van der Waals surface area contributed by atoms with Crippen molar-refractivity contribution in [3.63, 3.8) is 0 Å². The molecule has 0 radical (unpaired) electrons. The number of hydrogen-bond donors (Lipinski definition) is 2. The van der Waals surface area contributed by atoms with Gasteiger partial charge in [0.25, 0.3) is 0 Å². The molecule has 14 heavy (non-hydrogen) atoms. The summed E-state index contributed by atoms with van der Waals surface area (Å²) >= 11 is 0. The van der Waals surface area contributed by atoms with E-state index in [1.54, 1.807) is 0 Å². The summed E-state index contributed by atoms with van der Waals surface area (Å²) in [5.74, 6) is 5.90. The van der Waals surface area contributed by atoms with Crippen molar-refractivity contribution in [3.05, 3.63) is 0 Å². The molecule has 0 aliphatic carbocycles. The quantitative estimate of drug-likeness (QED) is 0.618. The summed E-state index contributed by atoms with van der Waals surface area (Å²) in [4.78, 5) is 0. The van der Waals surface area contributed by atoms with E-state index in [2.05, 4.69) is 17.2 Å². The average Bonchev–Trinajstić information content (AvgIpc) is 2.14. The van der Waals surface area contributed by atoms with Crippen molar-refractivity contribution < 1.29 is 5.11 Å². The van der Waals surface area contributed by atoms with Crippen molar-refractivity contribution in [1.82, 2.24) is 5.32 Å². The zero-order valence-electron chi connectivity index (χ0n) is 8.84. The first-order valence-corrected chi connectivity index (χ1v) is 5.60. The second kappa shape index (κ2) is 3.92. The van der Waals surface area contributed by atoms with E-state index in [0.29, 0.717) is 18.5 Å². The molecule has 2 atom stereocenters. The Balaban J connectivity index is 2.01. The van der Waals surface area contributed by atoms with Gasteiger partial charge in [0.2, 0.25) is 0 Å². The summed E-state index contributed by atoms with van der Waals surface area (Å²) in [5.41, 5.74) is -0.510. The molecule has 2 aliphatic rings. The molecular weight excluding hydrogens is 174 g/mol. The van der Waals surface area contributed by atoms with E-state index in [0.717, 1.165) is 12.8 Å². The zero-order valence-corrected chi connectivity index (χ0v) is 8.84. The lowest BCUT2D eigenvalue weighted by Gasteiger charge is -2.44. The van der Waals surface area contributed by atoms with E-state index in [4.69, 9.17) is 0 Å². The van der Waals surface area contributed by atoms with Gasteiger partial charge in [-0.25, -0.2) is 0 Å². The first-order valence-electron chi connectivity index (χ1n) is 5.60. The van der Waals surface area contributed by atoms with Crippen LogP contribution in [0.1, 0.15) is 45.4 Å². The molecule has 2 saturated heterocycles. The van der Waals surface area contributed by atoms with Crippen molar-refractivity contribution in [1.29, 1.82) is 0 Å². The standard InChI is InChI=1S/C12H19NO/c1-2-3-7-12(14)8-10-5-4-6-11(9-12)13-10/h10-11,13-14H,4-9H2,1H3. The fraction of sp³-hybridized carbons (Fsp3) is 0.833. The maximum atomic E-state index is 10.4. The maximum absolute atomic E-state index is 10.4. The van der Waals surface area contributed by atoms with Crippen molar-refractivity contribution in [2.75, 3.05) is 0 Å².